The van der Waals surface area contributed by atoms with Crippen LogP contribution in [0, 0.1) is 0 Å². The highest BCUT2D eigenvalue weighted by Gasteiger charge is 2.10. The van der Waals surface area contributed by atoms with Gasteiger partial charge in [0.1, 0.15) is 6.33 Å². The molecule has 0 fully saturated rings. The van der Waals surface area contributed by atoms with E-state index in [0.29, 0.717) is 17.7 Å². The predicted molar refractivity (Wildman–Crippen MR) is 74.1 cm³/mol. The molecule has 3 heterocycles. The van der Waals surface area contributed by atoms with Crippen molar-refractivity contribution in [2.24, 2.45) is 0 Å². The Balaban J connectivity index is 1.89. The van der Waals surface area contributed by atoms with Crippen molar-refractivity contribution in [3.8, 4) is 0 Å². The molecule has 3 aromatic heterocycles. The summed E-state index contributed by atoms with van der Waals surface area (Å²) in [7, 11) is 0. The molecular weight excluding hydrogens is 254 g/mol. The van der Waals surface area contributed by atoms with Gasteiger partial charge in [0.25, 0.3) is 5.56 Å². The summed E-state index contributed by atoms with van der Waals surface area (Å²) >= 11 is 0. The van der Waals surface area contributed by atoms with E-state index >= 15 is 0 Å². The summed E-state index contributed by atoms with van der Waals surface area (Å²) < 4.78 is 5.50. The smallest absolute Gasteiger partial charge is 0.281 e. The number of imidazole rings is 1. The van der Waals surface area contributed by atoms with E-state index in [1.54, 1.807) is 17.2 Å². The molecule has 0 saturated heterocycles. The number of nitrogens with zero attached hydrogens (tertiary/aromatic N) is 5. The first kappa shape index (κ1) is 12.5. The number of pyridine rings is 1. The van der Waals surface area contributed by atoms with Gasteiger partial charge in [-0.2, -0.15) is 0 Å². The Morgan fingerprint density at radius 1 is 1.10 bits per heavy atom. The van der Waals surface area contributed by atoms with Gasteiger partial charge in [-0.3, -0.25) is 9.36 Å². The Morgan fingerprint density at radius 2 is 1.85 bits per heavy atom. The van der Waals surface area contributed by atoms with Crippen molar-refractivity contribution in [1.82, 2.24) is 19.1 Å². The van der Waals surface area contributed by atoms with Crippen LogP contribution in [-0.4, -0.2) is 19.1 Å². The minimum atomic E-state index is -0.0845. The van der Waals surface area contributed by atoms with Crippen LogP contribution >= 0.6 is 0 Å². The molecule has 0 amide bonds. The molecule has 0 atom stereocenters. The summed E-state index contributed by atoms with van der Waals surface area (Å²) in [6, 6.07) is 5.90. The third kappa shape index (κ3) is 2.20. The van der Waals surface area contributed by atoms with Crippen LogP contribution in [0.25, 0.3) is 11.2 Å². The molecule has 0 aliphatic heterocycles. The third-order valence-corrected chi connectivity index (χ3v) is 3.31. The summed E-state index contributed by atoms with van der Waals surface area (Å²) in [4.78, 5) is 20.8. The largest absolute Gasteiger partial charge is 0.315 e. The van der Waals surface area contributed by atoms with Crippen LogP contribution in [0.3, 0.4) is 0 Å². The Labute approximate surface area is 116 Å². The van der Waals surface area contributed by atoms with E-state index in [-0.39, 0.29) is 5.56 Å². The van der Waals surface area contributed by atoms with Gasteiger partial charge in [0.15, 0.2) is 30.1 Å². The average molecular weight is 270 g/mol. The van der Waals surface area contributed by atoms with Gasteiger partial charge in [0.05, 0.1) is 12.9 Å². The average Bonchev–Trinajstić information content (AvgIpc) is 2.91. The van der Waals surface area contributed by atoms with Gasteiger partial charge in [-0.15, -0.1) is 0 Å². The second kappa shape index (κ2) is 5.24. The SMILES string of the molecule is CCn1cnc2c(=O)n(CC[n+]3ccccc3)cnc21. The van der Waals surface area contributed by atoms with Crippen molar-refractivity contribution in [3.63, 3.8) is 0 Å². The fraction of sp³-hybridized carbons (Fsp3) is 0.286. The first-order chi connectivity index (χ1) is 9.79. The van der Waals surface area contributed by atoms with Gasteiger partial charge in [-0.05, 0) is 6.92 Å². The summed E-state index contributed by atoms with van der Waals surface area (Å²) in [6.07, 6.45) is 7.21. The monoisotopic (exact) mass is 270 g/mol. The zero-order valence-corrected chi connectivity index (χ0v) is 11.3. The van der Waals surface area contributed by atoms with Gasteiger partial charge < -0.3 is 4.57 Å². The molecule has 20 heavy (non-hydrogen) atoms. The summed E-state index contributed by atoms with van der Waals surface area (Å²) in [6.45, 7) is 4.06. The Kier molecular flexibility index (Phi) is 3.28. The van der Waals surface area contributed by atoms with E-state index in [4.69, 9.17) is 0 Å². The number of aryl methyl sites for hydroxylation is 3. The molecule has 6 nitrogen and oxygen atoms in total. The predicted octanol–water partition coefficient (Wildman–Crippen LogP) is 0.601. The van der Waals surface area contributed by atoms with Crippen LogP contribution in [0.4, 0.5) is 0 Å². The van der Waals surface area contributed by atoms with Crippen molar-refractivity contribution in [2.45, 2.75) is 26.6 Å². The minimum absolute atomic E-state index is 0.0845. The quantitative estimate of drug-likeness (QED) is 0.652. The first-order valence-corrected chi connectivity index (χ1v) is 6.64. The normalized spacial score (nSPS) is 11.1. The molecule has 0 aromatic carbocycles. The zero-order valence-electron chi connectivity index (χ0n) is 11.3. The number of hydrogen-bond donors (Lipinski definition) is 0. The molecule has 0 aliphatic rings. The van der Waals surface area contributed by atoms with E-state index < -0.39 is 0 Å². The number of rotatable bonds is 4. The Bertz CT molecular complexity index is 775. The van der Waals surface area contributed by atoms with Gasteiger partial charge in [-0.25, -0.2) is 14.5 Å². The zero-order chi connectivity index (χ0) is 13.9. The minimum Gasteiger partial charge on any atom is -0.315 e. The molecule has 3 rings (SSSR count). The molecule has 6 heteroatoms. The molecule has 0 radical (unpaired) electrons. The molecule has 0 saturated carbocycles. The highest BCUT2D eigenvalue weighted by molar-refractivity contribution is 5.68. The molecule has 0 aliphatic carbocycles. The lowest BCUT2D eigenvalue weighted by molar-refractivity contribution is -0.698. The number of fused-ring (bicyclic) bond motifs is 1. The van der Waals surface area contributed by atoms with E-state index in [9.17, 15) is 4.79 Å². The van der Waals surface area contributed by atoms with Crippen LogP contribution in [-0.2, 0) is 19.6 Å². The maximum atomic E-state index is 12.3. The Morgan fingerprint density at radius 3 is 2.60 bits per heavy atom. The van der Waals surface area contributed by atoms with Crippen molar-refractivity contribution >= 4 is 11.2 Å². The van der Waals surface area contributed by atoms with Crippen LogP contribution in [0.15, 0.2) is 48.0 Å². The summed E-state index contributed by atoms with van der Waals surface area (Å²) in [5.74, 6) is 0. The topological polar surface area (TPSA) is 56.6 Å². The first-order valence-electron chi connectivity index (χ1n) is 6.64. The molecule has 0 bridgehead atoms. The van der Waals surface area contributed by atoms with Crippen LogP contribution in [0.1, 0.15) is 6.92 Å². The lowest BCUT2D eigenvalue weighted by Gasteiger charge is -2.03. The molecule has 3 aromatic rings. The highest BCUT2D eigenvalue weighted by atomic mass is 16.1. The van der Waals surface area contributed by atoms with Crippen LogP contribution in [0.5, 0.6) is 0 Å². The number of aromatic nitrogens is 5. The fourth-order valence-electron chi connectivity index (χ4n) is 2.17. The lowest BCUT2D eigenvalue weighted by Crippen LogP contribution is -2.36. The van der Waals surface area contributed by atoms with Gasteiger partial charge in [0, 0.05) is 18.7 Å². The van der Waals surface area contributed by atoms with Crippen LogP contribution in [0.2, 0.25) is 0 Å². The molecule has 102 valence electrons. The van der Waals surface area contributed by atoms with Gasteiger partial charge >= 0.3 is 0 Å². The third-order valence-electron chi connectivity index (χ3n) is 3.31. The van der Waals surface area contributed by atoms with Gasteiger partial charge in [-0.1, -0.05) is 6.07 Å². The van der Waals surface area contributed by atoms with Crippen molar-refractivity contribution in [3.05, 3.63) is 53.6 Å². The lowest BCUT2D eigenvalue weighted by atomic mass is 10.4. The standard InChI is InChI=1S/C14H16N5O/c1-2-18-10-15-12-13(18)16-11-19(14(12)20)9-8-17-6-4-3-5-7-17/h3-7,10-11H,2,8-9H2,1H3/q+1. The molecule has 0 unspecified atom stereocenters. The molecule has 0 N–H and O–H groups in total. The van der Waals surface area contributed by atoms with Crippen molar-refractivity contribution in [1.29, 1.82) is 0 Å². The fourth-order valence-corrected chi connectivity index (χ4v) is 2.17. The number of hydrogen-bond acceptors (Lipinski definition) is 3. The van der Waals surface area contributed by atoms with Crippen molar-refractivity contribution < 1.29 is 4.57 Å². The second-order valence-corrected chi connectivity index (χ2v) is 4.56. The second-order valence-electron chi connectivity index (χ2n) is 4.56. The van der Waals surface area contributed by atoms with E-state index in [1.807, 2.05) is 46.7 Å². The van der Waals surface area contributed by atoms with Gasteiger partial charge in [0.2, 0.25) is 0 Å². The van der Waals surface area contributed by atoms with E-state index in [1.165, 1.54) is 0 Å². The summed E-state index contributed by atoms with van der Waals surface area (Å²) in [5.41, 5.74) is 1.01. The maximum Gasteiger partial charge on any atom is 0.281 e. The maximum absolute atomic E-state index is 12.3. The highest BCUT2D eigenvalue weighted by Crippen LogP contribution is 2.03. The van der Waals surface area contributed by atoms with Crippen molar-refractivity contribution in [2.75, 3.05) is 0 Å². The molecular formula is C14H16N5O+. The van der Waals surface area contributed by atoms with E-state index in [2.05, 4.69) is 9.97 Å². The molecule has 0 spiro atoms. The Hall–Kier alpha value is -2.50. The van der Waals surface area contributed by atoms with E-state index in [0.717, 1.165) is 13.1 Å². The summed E-state index contributed by atoms with van der Waals surface area (Å²) in [5, 5.41) is 0. The van der Waals surface area contributed by atoms with Crippen LogP contribution < -0.4 is 10.1 Å².